The van der Waals surface area contributed by atoms with Crippen molar-refractivity contribution in [3.8, 4) is 17.2 Å². The van der Waals surface area contributed by atoms with Gasteiger partial charge in [0, 0.05) is 5.56 Å². The van der Waals surface area contributed by atoms with Crippen LogP contribution in [0.1, 0.15) is 11.6 Å². The van der Waals surface area contributed by atoms with Crippen LogP contribution in [0.5, 0.6) is 17.2 Å². The third kappa shape index (κ3) is 2.90. The predicted octanol–water partition coefficient (Wildman–Crippen LogP) is 1.40. The second-order valence-electron chi connectivity index (χ2n) is 4.13. The highest BCUT2D eigenvalue weighted by molar-refractivity contribution is 5.78. The molecule has 1 unspecified atom stereocenters. The van der Waals surface area contributed by atoms with Crippen molar-refractivity contribution in [2.45, 2.75) is 6.04 Å². The molecule has 0 aliphatic heterocycles. The molecule has 1 N–H and O–H groups in total. The Hall–Kier alpha value is -1.95. The zero-order valence-electron chi connectivity index (χ0n) is 11.8. The Labute approximate surface area is 112 Å². The number of rotatable bonds is 6. The highest BCUT2D eigenvalue weighted by Gasteiger charge is 2.28. The first-order chi connectivity index (χ1) is 8.97. The Bertz CT molecular complexity index is 459. The topological polar surface area (TPSA) is 68.2 Å². The van der Waals surface area contributed by atoms with Crippen LogP contribution in [0, 0.1) is 0 Å². The van der Waals surface area contributed by atoms with Gasteiger partial charge in [-0.2, -0.15) is 0 Å². The van der Waals surface area contributed by atoms with E-state index in [0.29, 0.717) is 22.8 Å². The number of hydrogen-bond donors (Lipinski definition) is 1. The van der Waals surface area contributed by atoms with Crippen LogP contribution in [0.2, 0.25) is 0 Å². The Balaban J connectivity index is 3.46. The zero-order valence-corrected chi connectivity index (χ0v) is 11.8. The number of methoxy groups -OCH3 is 3. The van der Waals surface area contributed by atoms with Crippen molar-refractivity contribution in [3.05, 3.63) is 17.7 Å². The molecule has 19 heavy (non-hydrogen) atoms. The van der Waals surface area contributed by atoms with Gasteiger partial charge >= 0.3 is 5.97 Å². The molecule has 0 fully saturated rings. The maximum atomic E-state index is 11.4. The van der Waals surface area contributed by atoms with Gasteiger partial charge in [-0.25, -0.2) is 0 Å². The summed E-state index contributed by atoms with van der Waals surface area (Å²) in [6.45, 7) is 0. The van der Waals surface area contributed by atoms with Crippen LogP contribution in [0.25, 0.3) is 0 Å². The molecule has 1 aromatic rings. The van der Waals surface area contributed by atoms with Gasteiger partial charge < -0.3 is 19.3 Å². The molecule has 0 amide bonds. The normalized spacial score (nSPS) is 12.1. The number of ether oxygens (including phenoxy) is 3. The molecule has 0 spiro atoms. The maximum absolute atomic E-state index is 11.4. The van der Waals surface area contributed by atoms with E-state index in [2.05, 4.69) is 0 Å². The quantitative estimate of drug-likeness (QED) is 0.842. The van der Waals surface area contributed by atoms with Crippen molar-refractivity contribution in [3.63, 3.8) is 0 Å². The predicted molar refractivity (Wildman–Crippen MR) is 70.2 cm³/mol. The van der Waals surface area contributed by atoms with E-state index in [1.807, 2.05) is 0 Å². The number of likely N-dealkylation sites (N-methyl/N-ethyl adjacent to an activating group) is 1. The van der Waals surface area contributed by atoms with Crippen molar-refractivity contribution in [1.29, 1.82) is 0 Å². The van der Waals surface area contributed by atoms with Crippen LogP contribution in [-0.2, 0) is 4.79 Å². The summed E-state index contributed by atoms with van der Waals surface area (Å²) in [5.41, 5.74) is 0.512. The number of carboxylic acids is 1. The van der Waals surface area contributed by atoms with Crippen LogP contribution >= 0.6 is 0 Å². The van der Waals surface area contributed by atoms with Crippen LogP contribution in [0.15, 0.2) is 12.1 Å². The fourth-order valence-corrected chi connectivity index (χ4v) is 1.97. The molecule has 106 valence electrons. The third-order valence-corrected chi connectivity index (χ3v) is 2.78. The summed E-state index contributed by atoms with van der Waals surface area (Å²) in [7, 11) is 7.84. The summed E-state index contributed by atoms with van der Waals surface area (Å²) >= 11 is 0. The molecule has 1 aromatic carbocycles. The summed E-state index contributed by atoms with van der Waals surface area (Å²) in [5, 5.41) is 9.34. The van der Waals surface area contributed by atoms with Crippen molar-refractivity contribution in [1.82, 2.24) is 4.90 Å². The van der Waals surface area contributed by atoms with E-state index in [-0.39, 0.29) is 0 Å². The van der Waals surface area contributed by atoms with Crippen LogP contribution < -0.4 is 14.2 Å². The molecule has 0 aliphatic carbocycles. The molecule has 0 radical (unpaired) electrons. The molecule has 0 saturated heterocycles. The average Bonchev–Trinajstić information content (AvgIpc) is 2.36. The molecule has 1 atom stereocenters. The second kappa shape index (κ2) is 6.29. The van der Waals surface area contributed by atoms with Gasteiger partial charge in [-0.3, -0.25) is 9.69 Å². The Morgan fingerprint density at radius 2 is 1.68 bits per heavy atom. The molecular weight excluding hydrogens is 250 g/mol. The number of carboxylic acid groups (broad SMARTS) is 1. The van der Waals surface area contributed by atoms with Gasteiger partial charge in [0.1, 0.15) is 6.04 Å². The van der Waals surface area contributed by atoms with Crippen molar-refractivity contribution < 1.29 is 24.1 Å². The lowest BCUT2D eigenvalue weighted by Gasteiger charge is -2.24. The molecule has 0 heterocycles. The lowest BCUT2D eigenvalue weighted by Crippen LogP contribution is -2.27. The lowest BCUT2D eigenvalue weighted by molar-refractivity contribution is -0.142. The van der Waals surface area contributed by atoms with E-state index in [0.717, 1.165) is 0 Å². The number of nitrogens with zero attached hydrogens (tertiary/aromatic N) is 1. The van der Waals surface area contributed by atoms with Crippen molar-refractivity contribution in [2.75, 3.05) is 35.4 Å². The van der Waals surface area contributed by atoms with E-state index in [4.69, 9.17) is 14.2 Å². The molecule has 6 nitrogen and oxygen atoms in total. The Kier molecular flexibility index (Phi) is 5.00. The SMILES string of the molecule is COc1ccc(C(C(=O)O)N(C)C)c(OC)c1OC. The molecule has 0 saturated carbocycles. The number of hydrogen-bond acceptors (Lipinski definition) is 5. The molecule has 6 heteroatoms. The first-order valence-corrected chi connectivity index (χ1v) is 5.66. The Morgan fingerprint density at radius 3 is 2.05 bits per heavy atom. The first-order valence-electron chi connectivity index (χ1n) is 5.66. The van der Waals surface area contributed by atoms with Gasteiger partial charge in [0.05, 0.1) is 21.3 Å². The summed E-state index contributed by atoms with van der Waals surface area (Å²) in [5.74, 6) is 0.278. The summed E-state index contributed by atoms with van der Waals surface area (Å²) < 4.78 is 15.7. The second-order valence-corrected chi connectivity index (χ2v) is 4.13. The maximum Gasteiger partial charge on any atom is 0.325 e. The third-order valence-electron chi connectivity index (χ3n) is 2.78. The first kappa shape index (κ1) is 15.1. The highest BCUT2D eigenvalue weighted by atomic mass is 16.5. The van der Waals surface area contributed by atoms with Gasteiger partial charge in [0.25, 0.3) is 0 Å². The van der Waals surface area contributed by atoms with E-state index in [9.17, 15) is 9.90 Å². The van der Waals surface area contributed by atoms with Gasteiger partial charge in [0.15, 0.2) is 11.5 Å². The fourth-order valence-electron chi connectivity index (χ4n) is 1.97. The minimum absolute atomic E-state index is 0.364. The lowest BCUT2D eigenvalue weighted by atomic mass is 10.0. The standard InChI is InChI=1S/C13H19NO5/c1-14(2)10(13(15)16)8-6-7-9(17-3)12(19-5)11(8)18-4/h6-7,10H,1-5H3,(H,15,16). The monoisotopic (exact) mass is 269 g/mol. The summed E-state index contributed by atoms with van der Waals surface area (Å²) in [4.78, 5) is 13.0. The van der Waals surface area contributed by atoms with E-state index < -0.39 is 12.0 Å². The van der Waals surface area contributed by atoms with Gasteiger partial charge in [0.2, 0.25) is 5.75 Å². The minimum Gasteiger partial charge on any atom is -0.493 e. The largest absolute Gasteiger partial charge is 0.493 e. The molecule has 0 aromatic heterocycles. The van der Waals surface area contributed by atoms with Gasteiger partial charge in [-0.1, -0.05) is 0 Å². The van der Waals surface area contributed by atoms with Crippen LogP contribution in [-0.4, -0.2) is 51.4 Å². The highest BCUT2D eigenvalue weighted by Crippen LogP contribution is 2.42. The van der Waals surface area contributed by atoms with E-state index in [1.165, 1.54) is 21.3 Å². The van der Waals surface area contributed by atoms with Crippen molar-refractivity contribution in [2.24, 2.45) is 0 Å². The fraction of sp³-hybridized carbons (Fsp3) is 0.462. The van der Waals surface area contributed by atoms with E-state index in [1.54, 1.807) is 31.1 Å². The molecule has 1 rings (SSSR count). The molecule has 0 bridgehead atoms. The molecular formula is C13H19NO5. The average molecular weight is 269 g/mol. The number of benzene rings is 1. The number of carbonyl (C=O) groups is 1. The minimum atomic E-state index is -0.962. The van der Waals surface area contributed by atoms with Crippen molar-refractivity contribution >= 4 is 5.97 Å². The summed E-state index contributed by atoms with van der Waals surface area (Å²) in [6.07, 6.45) is 0. The van der Waals surface area contributed by atoms with Crippen LogP contribution in [0.4, 0.5) is 0 Å². The molecule has 0 aliphatic rings. The van der Waals surface area contributed by atoms with Gasteiger partial charge in [-0.15, -0.1) is 0 Å². The Morgan fingerprint density at radius 1 is 1.11 bits per heavy atom. The number of aliphatic carboxylic acids is 1. The van der Waals surface area contributed by atoms with Crippen LogP contribution in [0.3, 0.4) is 0 Å². The zero-order chi connectivity index (χ0) is 14.6. The van der Waals surface area contributed by atoms with Gasteiger partial charge in [-0.05, 0) is 26.2 Å². The smallest absolute Gasteiger partial charge is 0.325 e. The van der Waals surface area contributed by atoms with E-state index >= 15 is 0 Å². The summed E-state index contributed by atoms with van der Waals surface area (Å²) in [6, 6.07) is 2.50.